The first-order valence-corrected chi connectivity index (χ1v) is 14.2. The second kappa shape index (κ2) is 7.11. The number of aliphatic hydroxyl groups is 1. The van der Waals surface area contributed by atoms with E-state index in [0.717, 1.165) is 30.1 Å². The van der Waals surface area contributed by atoms with Gasteiger partial charge < -0.3 is 5.11 Å². The molecule has 0 radical (unpaired) electrons. The summed E-state index contributed by atoms with van der Waals surface area (Å²) in [4.78, 5) is 0. The molecule has 0 aromatic heterocycles. The van der Waals surface area contributed by atoms with Gasteiger partial charge >= 0.3 is 0 Å². The number of rotatable bonds is 5. The molecule has 0 aromatic rings. The third kappa shape index (κ3) is 2.73. The molecule has 0 heterocycles. The van der Waals surface area contributed by atoms with Crippen LogP contribution in [0.4, 0.5) is 0 Å². The molecule has 0 saturated heterocycles. The van der Waals surface area contributed by atoms with Gasteiger partial charge in [0, 0.05) is 0 Å². The minimum absolute atomic E-state index is 0.0888. The summed E-state index contributed by atoms with van der Waals surface area (Å²) in [5.74, 6) is 4.02. The van der Waals surface area contributed by atoms with Crippen molar-refractivity contribution in [2.24, 2.45) is 56.7 Å². The number of allylic oxidation sites excluding steroid dienone is 1. The van der Waals surface area contributed by atoms with E-state index < -0.39 is 0 Å². The number of hydrogen-bond acceptors (Lipinski definition) is 1. The number of hydrogen-bond donors (Lipinski definition) is 1. The zero-order valence-corrected chi connectivity index (χ0v) is 22.4. The monoisotopic (exact) mass is 440 g/mol. The summed E-state index contributed by atoms with van der Waals surface area (Å²) < 4.78 is 0. The van der Waals surface area contributed by atoms with Crippen LogP contribution in [0.25, 0.3) is 0 Å². The maximum absolute atomic E-state index is 10.9. The molecular formula is C31H52O. The average molecular weight is 441 g/mol. The van der Waals surface area contributed by atoms with Crippen molar-refractivity contribution in [1.82, 2.24) is 0 Å². The van der Waals surface area contributed by atoms with Gasteiger partial charge in [0.2, 0.25) is 0 Å². The lowest BCUT2D eigenvalue weighted by molar-refractivity contribution is -0.161. The largest absolute Gasteiger partial charge is 0.393 e. The molecule has 32 heavy (non-hydrogen) atoms. The van der Waals surface area contributed by atoms with Crippen LogP contribution in [0.1, 0.15) is 119 Å². The Morgan fingerprint density at radius 2 is 1.50 bits per heavy atom. The minimum atomic E-state index is -0.0888. The predicted molar refractivity (Wildman–Crippen MR) is 135 cm³/mol. The lowest BCUT2D eigenvalue weighted by atomic mass is 9.41. The van der Waals surface area contributed by atoms with Crippen LogP contribution >= 0.6 is 0 Å². The van der Waals surface area contributed by atoms with Gasteiger partial charge in [-0.05, 0) is 127 Å². The van der Waals surface area contributed by atoms with E-state index in [9.17, 15) is 5.11 Å². The molecule has 9 atom stereocenters. The molecule has 0 aromatic carbocycles. The first kappa shape index (κ1) is 23.4. The summed E-state index contributed by atoms with van der Waals surface area (Å²) in [6.07, 6.45) is 15.0. The molecule has 5 rings (SSSR count). The molecule has 1 heteroatoms. The van der Waals surface area contributed by atoms with Gasteiger partial charge in [0.25, 0.3) is 0 Å². The van der Waals surface area contributed by atoms with Gasteiger partial charge in [0.05, 0.1) is 6.10 Å². The summed E-state index contributed by atoms with van der Waals surface area (Å²) >= 11 is 0. The second-order valence-corrected chi connectivity index (χ2v) is 14.9. The standard InChI is InChI=1S/C31H52O/c1-20(2)21(3)9-10-22(4)23-13-15-29(8)25-12-11-24-27(5,6)26(32)14-16-30(24)19-31(25,30)18-17-28(23,29)7/h20,22-26,32H,3,9-19H2,1-2,4-8H3/t22-,23-,24+,25?,26+,28+,29+,30?,31?/m1/s1. The average Bonchev–Trinajstić information content (AvgIpc) is 3.31. The molecular weight excluding hydrogens is 388 g/mol. The molecule has 5 aliphatic carbocycles. The number of aliphatic hydroxyl groups excluding tert-OH is 1. The highest BCUT2D eigenvalue weighted by Gasteiger charge is 2.82. The van der Waals surface area contributed by atoms with E-state index >= 15 is 0 Å². The lowest BCUT2D eigenvalue weighted by Crippen LogP contribution is -2.57. The Kier molecular flexibility index (Phi) is 5.21. The first-order valence-electron chi connectivity index (χ1n) is 14.2. The van der Waals surface area contributed by atoms with Crippen LogP contribution in [0, 0.1) is 56.7 Å². The van der Waals surface area contributed by atoms with E-state index in [1.54, 1.807) is 0 Å². The highest BCUT2D eigenvalue weighted by Crippen LogP contribution is 2.89. The van der Waals surface area contributed by atoms with Crippen molar-refractivity contribution in [2.45, 2.75) is 125 Å². The van der Waals surface area contributed by atoms with Crippen LogP contribution in [0.2, 0.25) is 0 Å². The predicted octanol–water partition coefficient (Wildman–Crippen LogP) is 8.41. The van der Waals surface area contributed by atoms with E-state index in [1.807, 2.05) is 0 Å². The third-order valence-electron chi connectivity index (χ3n) is 13.6. The summed E-state index contributed by atoms with van der Waals surface area (Å²) in [7, 11) is 0. The number of fused-ring (bicyclic) bond motifs is 2. The molecule has 0 aliphatic heterocycles. The molecule has 2 spiro atoms. The van der Waals surface area contributed by atoms with E-state index in [2.05, 4.69) is 55.0 Å². The minimum Gasteiger partial charge on any atom is -0.393 e. The van der Waals surface area contributed by atoms with Crippen molar-refractivity contribution in [3.8, 4) is 0 Å². The summed E-state index contributed by atoms with van der Waals surface area (Å²) in [5.41, 5.74) is 3.79. The van der Waals surface area contributed by atoms with Crippen LogP contribution in [-0.4, -0.2) is 11.2 Å². The molecule has 3 unspecified atom stereocenters. The highest BCUT2D eigenvalue weighted by molar-refractivity contribution is 5.30. The van der Waals surface area contributed by atoms with Crippen LogP contribution in [0.15, 0.2) is 12.2 Å². The van der Waals surface area contributed by atoms with Crippen LogP contribution in [0.5, 0.6) is 0 Å². The Balaban J connectivity index is 1.39. The quantitative estimate of drug-likeness (QED) is 0.425. The lowest BCUT2D eigenvalue weighted by Gasteiger charge is -2.63. The fourth-order valence-electron chi connectivity index (χ4n) is 11.2. The van der Waals surface area contributed by atoms with Crippen molar-refractivity contribution in [2.75, 3.05) is 0 Å². The van der Waals surface area contributed by atoms with Crippen molar-refractivity contribution in [1.29, 1.82) is 0 Å². The Morgan fingerprint density at radius 1 is 0.844 bits per heavy atom. The van der Waals surface area contributed by atoms with E-state index in [4.69, 9.17) is 0 Å². The zero-order valence-electron chi connectivity index (χ0n) is 22.4. The van der Waals surface area contributed by atoms with E-state index in [1.165, 1.54) is 69.8 Å². The van der Waals surface area contributed by atoms with Gasteiger partial charge in [-0.1, -0.05) is 60.6 Å². The zero-order chi connectivity index (χ0) is 23.3. The molecule has 5 aliphatic rings. The first-order chi connectivity index (χ1) is 14.9. The summed E-state index contributed by atoms with van der Waals surface area (Å²) in [6.45, 7) is 21.8. The van der Waals surface area contributed by atoms with Crippen LogP contribution in [0.3, 0.4) is 0 Å². The van der Waals surface area contributed by atoms with Gasteiger partial charge in [0.1, 0.15) is 0 Å². The van der Waals surface area contributed by atoms with Gasteiger partial charge in [0.15, 0.2) is 0 Å². The van der Waals surface area contributed by atoms with Crippen molar-refractivity contribution in [3.05, 3.63) is 12.2 Å². The normalized spacial score (nSPS) is 51.9. The van der Waals surface area contributed by atoms with Crippen molar-refractivity contribution in [3.63, 3.8) is 0 Å². The van der Waals surface area contributed by atoms with Gasteiger partial charge in [-0.2, -0.15) is 0 Å². The molecule has 5 saturated carbocycles. The van der Waals surface area contributed by atoms with Crippen molar-refractivity contribution >= 4 is 0 Å². The second-order valence-electron chi connectivity index (χ2n) is 14.9. The Bertz CT molecular complexity index is 779. The van der Waals surface area contributed by atoms with Crippen LogP contribution < -0.4 is 0 Å². The maximum Gasteiger partial charge on any atom is 0.0594 e. The molecule has 1 nitrogen and oxygen atoms in total. The molecule has 182 valence electrons. The van der Waals surface area contributed by atoms with Gasteiger partial charge in [-0.15, -0.1) is 0 Å². The third-order valence-corrected chi connectivity index (χ3v) is 13.6. The Labute approximate surface area is 199 Å². The van der Waals surface area contributed by atoms with Gasteiger partial charge in [-0.25, -0.2) is 0 Å². The molecule has 5 fully saturated rings. The summed E-state index contributed by atoms with van der Waals surface area (Å²) in [5, 5.41) is 10.9. The Hall–Kier alpha value is -0.300. The summed E-state index contributed by atoms with van der Waals surface area (Å²) in [6, 6.07) is 0. The fraction of sp³-hybridized carbons (Fsp3) is 0.935. The van der Waals surface area contributed by atoms with Gasteiger partial charge in [-0.3, -0.25) is 0 Å². The molecule has 1 N–H and O–H groups in total. The smallest absolute Gasteiger partial charge is 0.0594 e. The highest BCUT2D eigenvalue weighted by atomic mass is 16.3. The maximum atomic E-state index is 10.9. The SMILES string of the molecule is C=C(CC[C@@H](C)[C@H]1CC[C@@]2(C)C3CC[C@H]4C(C)(C)[C@@H](O)CCC45CC35CC[C@@]12C)C(C)C. The molecule has 0 amide bonds. The fourth-order valence-corrected chi connectivity index (χ4v) is 11.2. The topological polar surface area (TPSA) is 20.2 Å². The van der Waals surface area contributed by atoms with Crippen LogP contribution in [-0.2, 0) is 0 Å². The Morgan fingerprint density at radius 3 is 2.19 bits per heavy atom. The van der Waals surface area contributed by atoms with E-state index in [0.29, 0.717) is 27.6 Å². The van der Waals surface area contributed by atoms with E-state index in [-0.39, 0.29) is 11.5 Å². The molecule has 0 bridgehead atoms. The van der Waals surface area contributed by atoms with Crippen molar-refractivity contribution < 1.29 is 5.11 Å².